The van der Waals surface area contributed by atoms with E-state index in [0.717, 1.165) is 12.0 Å². The van der Waals surface area contributed by atoms with E-state index in [1.807, 2.05) is 24.3 Å². The number of ether oxygens (including phenoxy) is 1. The zero-order valence-corrected chi connectivity index (χ0v) is 17.9. The molecule has 0 aromatic heterocycles. The molecule has 0 bridgehead atoms. The lowest BCUT2D eigenvalue weighted by Crippen LogP contribution is -2.42. The predicted molar refractivity (Wildman–Crippen MR) is 113 cm³/mol. The first-order chi connectivity index (χ1) is 13.8. The molecule has 2 aromatic rings. The lowest BCUT2D eigenvalue weighted by atomic mass is 9.94. The Kier molecular flexibility index (Phi) is 6.59. The number of amides is 1. The molecular weight excluding hydrogens is 388 g/mol. The van der Waals surface area contributed by atoms with Crippen molar-refractivity contribution >= 4 is 21.6 Å². The predicted octanol–water partition coefficient (Wildman–Crippen LogP) is 3.54. The van der Waals surface area contributed by atoms with Crippen molar-refractivity contribution in [2.45, 2.75) is 31.6 Å². The van der Waals surface area contributed by atoms with E-state index in [1.165, 1.54) is 0 Å². The number of nitrogens with zero attached hydrogens (tertiary/aromatic N) is 1. The lowest BCUT2D eigenvalue weighted by Gasteiger charge is -2.34. The fourth-order valence-corrected chi connectivity index (χ4v) is 5.57. The van der Waals surface area contributed by atoms with Gasteiger partial charge in [0.15, 0.2) is 0 Å². The van der Waals surface area contributed by atoms with E-state index in [1.54, 1.807) is 35.7 Å². The molecular formula is C22H28N2O4S. The largest absolute Gasteiger partial charge is 0.496 e. The minimum atomic E-state index is -3.53. The first-order valence-electron chi connectivity index (χ1n) is 9.81. The number of benzene rings is 2. The molecule has 1 heterocycles. The summed E-state index contributed by atoms with van der Waals surface area (Å²) in [5.41, 5.74) is 1.35. The number of piperidine rings is 1. The second-order valence-electron chi connectivity index (χ2n) is 7.83. The van der Waals surface area contributed by atoms with Crippen LogP contribution in [0.4, 0.5) is 5.69 Å². The third-order valence-electron chi connectivity index (χ3n) is 5.15. The number of nitrogens with one attached hydrogen (secondary N) is 1. The number of rotatable bonds is 6. The van der Waals surface area contributed by atoms with Crippen LogP contribution in [0, 0.1) is 11.8 Å². The number of carbonyl (C=O) groups excluding carboxylic acids is 1. The van der Waals surface area contributed by atoms with Gasteiger partial charge in [-0.05, 0) is 48.6 Å². The van der Waals surface area contributed by atoms with E-state index in [-0.39, 0.29) is 17.2 Å². The van der Waals surface area contributed by atoms with E-state index in [0.29, 0.717) is 36.4 Å². The molecule has 1 saturated heterocycles. The Morgan fingerprint density at radius 1 is 1.07 bits per heavy atom. The molecule has 7 heteroatoms. The standard InChI is InChI=1S/C22H28N2O4S/c1-16-12-17(2)15-24(14-16)29(26,27)20-10-8-19(9-11-20)23-22(25)13-18-6-4-5-7-21(18)28-3/h4-11,16-17H,12-15H2,1-3H3,(H,23,25)/t16-,17-/m0/s1. The van der Waals surface area contributed by atoms with E-state index in [9.17, 15) is 13.2 Å². The van der Waals surface area contributed by atoms with Gasteiger partial charge in [0, 0.05) is 24.3 Å². The van der Waals surface area contributed by atoms with Gasteiger partial charge in [-0.15, -0.1) is 0 Å². The maximum Gasteiger partial charge on any atom is 0.243 e. The van der Waals surface area contributed by atoms with Gasteiger partial charge in [-0.1, -0.05) is 32.0 Å². The fraction of sp³-hybridized carbons (Fsp3) is 0.409. The molecule has 156 valence electrons. The highest BCUT2D eigenvalue weighted by Crippen LogP contribution is 2.27. The van der Waals surface area contributed by atoms with Crippen molar-refractivity contribution in [1.82, 2.24) is 4.31 Å². The number of hydrogen-bond acceptors (Lipinski definition) is 4. The second-order valence-corrected chi connectivity index (χ2v) is 9.77. The maximum absolute atomic E-state index is 12.9. The average molecular weight is 417 g/mol. The van der Waals surface area contributed by atoms with E-state index in [2.05, 4.69) is 19.2 Å². The molecule has 2 aromatic carbocycles. The number of hydrogen-bond donors (Lipinski definition) is 1. The second kappa shape index (κ2) is 8.97. The molecule has 1 N–H and O–H groups in total. The molecule has 0 saturated carbocycles. The number of carbonyl (C=O) groups is 1. The van der Waals surface area contributed by atoms with Gasteiger partial charge in [0.2, 0.25) is 15.9 Å². The van der Waals surface area contributed by atoms with Crippen LogP contribution in [-0.4, -0.2) is 38.8 Å². The SMILES string of the molecule is COc1ccccc1CC(=O)Nc1ccc(S(=O)(=O)N2C[C@@H](C)C[C@H](C)C2)cc1. The van der Waals surface area contributed by atoms with Crippen molar-refractivity contribution in [3.8, 4) is 5.75 Å². The summed E-state index contributed by atoms with van der Waals surface area (Å²) in [6, 6.07) is 13.7. The fourth-order valence-electron chi connectivity index (χ4n) is 3.89. The van der Waals surface area contributed by atoms with Gasteiger partial charge in [-0.3, -0.25) is 4.79 Å². The Balaban J connectivity index is 1.67. The molecule has 1 aliphatic heterocycles. The molecule has 29 heavy (non-hydrogen) atoms. The van der Waals surface area contributed by atoms with Crippen molar-refractivity contribution in [1.29, 1.82) is 0 Å². The number of methoxy groups -OCH3 is 1. The van der Waals surface area contributed by atoms with Gasteiger partial charge in [0.05, 0.1) is 18.4 Å². The number of para-hydroxylation sites is 1. The molecule has 1 amide bonds. The Bertz CT molecular complexity index is 947. The molecule has 1 aliphatic rings. The van der Waals surface area contributed by atoms with Crippen molar-refractivity contribution in [3.05, 3.63) is 54.1 Å². The van der Waals surface area contributed by atoms with E-state index in [4.69, 9.17) is 4.74 Å². The van der Waals surface area contributed by atoms with Gasteiger partial charge in [0.25, 0.3) is 0 Å². The smallest absolute Gasteiger partial charge is 0.243 e. The Morgan fingerprint density at radius 3 is 2.31 bits per heavy atom. The molecule has 2 atom stereocenters. The third kappa shape index (κ3) is 5.16. The quantitative estimate of drug-likeness (QED) is 0.781. The van der Waals surface area contributed by atoms with Gasteiger partial charge in [0.1, 0.15) is 5.75 Å². The first kappa shape index (κ1) is 21.3. The highest BCUT2D eigenvalue weighted by molar-refractivity contribution is 7.89. The molecule has 1 fully saturated rings. The molecule has 0 spiro atoms. The Labute approximate surface area is 172 Å². The highest BCUT2D eigenvalue weighted by Gasteiger charge is 2.31. The molecule has 0 unspecified atom stereocenters. The van der Waals surface area contributed by atoms with Crippen LogP contribution in [0.25, 0.3) is 0 Å². The third-order valence-corrected chi connectivity index (χ3v) is 7.00. The van der Waals surface area contributed by atoms with Crippen LogP contribution >= 0.6 is 0 Å². The lowest BCUT2D eigenvalue weighted by molar-refractivity contribution is -0.115. The van der Waals surface area contributed by atoms with Crippen LogP contribution in [0.2, 0.25) is 0 Å². The summed E-state index contributed by atoms with van der Waals surface area (Å²) in [6.45, 7) is 5.26. The van der Waals surface area contributed by atoms with Gasteiger partial charge in [-0.2, -0.15) is 4.31 Å². The van der Waals surface area contributed by atoms with Gasteiger partial charge >= 0.3 is 0 Å². The minimum absolute atomic E-state index is 0.174. The number of anilines is 1. The van der Waals surface area contributed by atoms with Crippen molar-refractivity contribution in [2.75, 3.05) is 25.5 Å². The number of sulfonamides is 1. The minimum Gasteiger partial charge on any atom is -0.496 e. The topological polar surface area (TPSA) is 75.7 Å². The average Bonchev–Trinajstić information content (AvgIpc) is 2.68. The van der Waals surface area contributed by atoms with Crippen LogP contribution < -0.4 is 10.1 Å². The van der Waals surface area contributed by atoms with Gasteiger partial charge in [-0.25, -0.2) is 8.42 Å². The normalized spacial score (nSPS) is 20.2. The van der Waals surface area contributed by atoms with Gasteiger partial charge < -0.3 is 10.1 Å². The molecule has 6 nitrogen and oxygen atoms in total. The van der Waals surface area contributed by atoms with Crippen LogP contribution in [0.15, 0.2) is 53.4 Å². The summed E-state index contributed by atoms with van der Waals surface area (Å²) in [7, 11) is -1.96. The summed E-state index contributed by atoms with van der Waals surface area (Å²) >= 11 is 0. The maximum atomic E-state index is 12.9. The molecule has 3 rings (SSSR count). The van der Waals surface area contributed by atoms with Crippen LogP contribution in [0.5, 0.6) is 5.75 Å². The van der Waals surface area contributed by atoms with Crippen LogP contribution in [0.1, 0.15) is 25.8 Å². The van der Waals surface area contributed by atoms with Crippen molar-refractivity contribution in [2.24, 2.45) is 11.8 Å². The first-order valence-corrected chi connectivity index (χ1v) is 11.3. The van der Waals surface area contributed by atoms with E-state index < -0.39 is 10.0 Å². The van der Waals surface area contributed by atoms with Crippen molar-refractivity contribution < 1.29 is 17.9 Å². The summed E-state index contributed by atoms with van der Waals surface area (Å²) in [4.78, 5) is 12.6. The highest BCUT2D eigenvalue weighted by atomic mass is 32.2. The Morgan fingerprint density at radius 2 is 1.69 bits per heavy atom. The van der Waals surface area contributed by atoms with Crippen LogP contribution in [0.3, 0.4) is 0 Å². The summed E-state index contributed by atoms with van der Waals surface area (Å²) in [6.07, 6.45) is 1.22. The zero-order chi connectivity index (χ0) is 21.0. The monoisotopic (exact) mass is 416 g/mol. The van der Waals surface area contributed by atoms with E-state index >= 15 is 0 Å². The zero-order valence-electron chi connectivity index (χ0n) is 17.1. The summed E-state index contributed by atoms with van der Waals surface area (Å²) in [5, 5.41) is 2.81. The Hall–Kier alpha value is -2.38. The van der Waals surface area contributed by atoms with Crippen molar-refractivity contribution in [3.63, 3.8) is 0 Å². The molecule has 0 aliphatic carbocycles. The molecule has 0 radical (unpaired) electrons. The summed E-state index contributed by atoms with van der Waals surface area (Å²) < 4.78 is 32.7. The summed E-state index contributed by atoms with van der Waals surface area (Å²) in [5.74, 6) is 1.17. The van der Waals surface area contributed by atoms with Crippen LogP contribution in [-0.2, 0) is 21.2 Å².